The second-order valence-electron chi connectivity index (χ2n) is 6.05. The van der Waals surface area contributed by atoms with Gasteiger partial charge in [-0.15, -0.1) is 0 Å². The number of nitrogens with two attached hydrogens (primary N) is 1. The van der Waals surface area contributed by atoms with Crippen LogP contribution in [0.5, 0.6) is 17.2 Å². The molecule has 0 amide bonds. The monoisotopic (exact) mass is 329 g/mol. The molecule has 4 heteroatoms. The number of phenols is 1. The van der Waals surface area contributed by atoms with Gasteiger partial charge in [0.25, 0.3) is 0 Å². The van der Waals surface area contributed by atoms with Crippen LogP contribution in [0, 0.1) is 13.8 Å². The van der Waals surface area contributed by atoms with E-state index in [0.717, 1.165) is 23.3 Å². The summed E-state index contributed by atoms with van der Waals surface area (Å²) in [6, 6.07) is 9.69. The Bertz CT molecular complexity index is 698. The van der Waals surface area contributed by atoms with Crippen molar-refractivity contribution in [1.29, 1.82) is 0 Å². The van der Waals surface area contributed by atoms with Gasteiger partial charge in [0.1, 0.15) is 5.75 Å². The van der Waals surface area contributed by atoms with Crippen molar-refractivity contribution in [3.8, 4) is 17.2 Å². The van der Waals surface area contributed by atoms with Crippen LogP contribution in [-0.2, 0) is 6.42 Å². The van der Waals surface area contributed by atoms with Gasteiger partial charge in [0.2, 0.25) is 0 Å². The standard InChI is InChI=1S/C20H27NO3/c1-5-24-20-11-15(6-7-18(20)22)10-16(12-21)17-8-13(2)14(3)9-19(17)23-4/h6-9,11,16,22H,5,10,12,21H2,1-4H3. The predicted molar refractivity (Wildman–Crippen MR) is 97.2 cm³/mol. The van der Waals surface area contributed by atoms with Crippen molar-refractivity contribution in [3.05, 3.63) is 52.6 Å². The van der Waals surface area contributed by atoms with Gasteiger partial charge in [-0.25, -0.2) is 0 Å². The maximum absolute atomic E-state index is 9.85. The SMILES string of the molecule is CCOc1cc(CC(CN)c2cc(C)c(C)cc2OC)ccc1O. The molecule has 0 aliphatic rings. The van der Waals surface area contributed by atoms with Gasteiger partial charge in [-0.1, -0.05) is 12.1 Å². The molecule has 3 N–H and O–H groups in total. The summed E-state index contributed by atoms with van der Waals surface area (Å²) in [5.41, 5.74) is 10.7. The van der Waals surface area contributed by atoms with E-state index in [0.29, 0.717) is 18.9 Å². The number of aromatic hydroxyl groups is 1. The van der Waals surface area contributed by atoms with Crippen LogP contribution in [0.1, 0.15) is 35.1 Å². The highest BCUT2D eigenvalue weighted by atomic mass is 16.5. The lowest BCUT2D eigenvalue weighted by Crippen LogP contribution is -2.16. The van der Waals surface area contributed by atoms with Crippen molar-refractivity contribution in [2.24, 2.45) is 5.73 Å². The summed E-state index contributed by atoms with van der Waals surface area (Å²) in [5.74, 6) is 1.68. The van der Waals surface area contributed by atoms with Crippen LogP contribution in [0.15, 0.2) is 30.3 Å². The number of hydrogen-bond acceptors (Lipinski definition) is 4. The predicted octanol–water partition coefficient (Wildman–Crippen LogP) is 3.70. The molecule has 0 saturated heterocycles. The molecule has 2 rings (SSSR count). The first kappa shape index (κ1) is 18.1. The molecule has 0 heterocycles. The molecule has 4 nitrogen and oxygen atoms in total. The van der Waals surface area contributed by atoms with Gasteiger partial charge < -0.3 is 20.3 Å². The Morgan fingerprint density at radius 1 is 1.08 bits per heavy atom. The third-order valence-electron chi connectivity index (χ3n) is 4.38. The molecule has 0 aliphatic heterocycles. The van der Waals surface area contributed by atoms with Crippen molar-refractivity contribution in [2.45, 2.75) is 33.1 Å². The average molecular weight is 329 g/mol. The molecular formula is C20H27NO3. The molecule has 1 unspecified atom stereocenters. The Labute approximate surface area is 144 Å². The van der Waals surface area contributed by atoms with Crippen LogP contribution >= 0.6 is 0 Å². The number of aryl methyl sites for hydroxylation is 2. The zero-order valence-electron chi connectivity index (χ0n) is 14.9. The quantitative estimate of drug-likeness (QED) is 0.813. The topological polar surface area (TPSA) is 64.7 Å². The van der Waals surface area contributed by atoms with E-state index in [1.54, 1.807) is 13.2 Å². The van der Waals surface area contributed by atoms with E-state index in [2.05, 4.69) is 26.0 Å². The fourth-order valence-corrected chi connectivity index (χ4v) is 2.87. The van der Waals surface area contributed by atoms with Crippen molar-refractivity contribution >= 4 is 0 Å². The maximum Gasteiger partial charge on any atom is 0.161 e. The van der Waals surface area contributed by atoms with Crippen molar-refractivity contribution in [3.63, 3.8) is 0 Å². The van der Waals surface area contributed by atoms with Crippen LogP contribution < -0.4 is 15.2 Å². The maximum atomic E-state index is 9.85. The smallest absolute Gasteiger partial charge is 0.161 e. The summed E-state index contributed by atoms with van der Waals surface area (Å²) in [7, 11) is 1.69. The number of methoxy groups -OCH3 is 1. The Balaban J connectivity index is 2.33. The second kappa shape index (κ2) is 8.06. The van der Waals surface area contributed by atoms with E-state index in [4.69, 9.17) is 15.2 Å². The van der Waals surface area contributed by atoms with Gasteiger partial charge in [-0.3, -0.25) is 0 Å². The molecule has 0 bridgehead atoms. The zero-order valence-corrected chi connectivity index (χ0v) is 14.9. The molecule has 0 saturated carbocycles. The minimum absolute atomic E-state index is 0.137. The Morgan fingerprint density at radius 3 is 2.42 bits per heavy atom. The van der Waals surface area contributed by atoms with Crippen LogP contribution in [0.25, 0.3) is 0 Å². The summed E-state index contributed by atoms with van der Waals surface area (Å²) >= 11 is 0. The van der Waals surface area contributed by atoms with Gasteiger partial charge in [-0.05, 0) is 74.2 Å². The third-order valence-corrected chi connectivity index (χ3v) is 4.38. The Hall–Kier alpha value is -2.20. The molecule has 0 fully saturated rings. The highest BCUT2D eigenvalue weighted by Gasteiger charge is 2.17. The fraction of sp³-hybridized carbons (Fsp3) is 0.400. The van der Waals surface area contributed by atoms with E-state index < -0.39 is 0 Å². The van der Waals surface area contributed by atoms with E-state index in [1.165, 1.54) is 11.1 Å². The molecular weight excluding hydrogens is 302 g/mol. The van der Waals surface area contributed by atoms with E-state index >= 15 is 0 Å². The first-order chi connectivity index (χ1) is 11.5. The first-order valence-corrected chi connectivity index (χ1v) is 8.30. The normalized spacial score (nSPS) is 12.0. The average Bonchev–Trinajstić information content (AvgIpc) is 2.58. The molecule has 0 radical (unpaired) electrons. The van der Waals surface area contributed by atoms with Crippen LogP contribution in [0.4, 0.5) is 0 Å². The van der Waals surface area contributed by atoms with E-state index in [9.17, 15) is 5.11 Å². The summed E-state index contributed by atoms with van der Waals surface area (Å²) in [5, 5.41) is 9.85. The summed E-state index contributed by atoms with van der Waals surface area (Å²) in [4.78, 5) is 0. The largest absolute Gasteiger partial charge is 0.504 e. The van der Waals surface area contributed by atoms with Gasteiger partial charge in [-0.2, -0.15) is 0 Å². The number of hydrogen-bond donors (Lipinski definition) is 2. The van der Waals surface area contributed by atoms with Crippen LogP contribution in [-0.4, -0.2) is 25.4 Å². The molecule has 0 aromatic heterocycles. The Morgan fingerprint density at radius 2 is 1.79 bits per heavy atom. The summed E-state index contributed by atoms with van der Waals surface area (Å²) in [6.45, 7) is 7.10. The number of ether oxygens (including phenoxy) is 2. The number of benzene rings is 2. The molecule has 0 spiro atoms. The Kier molecular flexibility index (Phi) is 6.10. The third kappa shape index (κ3) is 4.01. The molecule has 2 aromatic carbocycles. The highest BCUT2D eigenvalue weighted by Crippen LogP contribution is 2.33. The number of phenolic OH excluding ortho intramolecular Hbond substituents is 1. The summed E-state index contributed by atoms with van der Waals surface area (Å²) < 4.78 is 11.0. The number of rotatable bonds is 7. The van der Waals surface area contributed by atoms with Gasteiger partial charge in [0, 0.05) is 5.92 Å². The lowest BCUT2D eigenvalue weighted by Gasteiger charge is -2.20. The van der Waals surface area contributed by atoms with Crippen molar-refractivity contribution < 1.29 is 14.6 Å². The van der Waals surface area contributed by atoms with E-state index in [1.807, 2.05) is 19.1 Å². The molecule has 2 aromatic rings. The molecule has 24 heavy (non-hydrogen) atoms. The van der Waals surface area contributed by atoms with Crippen molar-refractivity contribution in [2.75, 3.05) is 20.3 Å². The molecule has 0 aliphatic carbocycles. The second-order valence-corrected chi connectivity index (χ2v) is 6.05. The zero-order chi connectivity index (χ0) is 17.7. The van der Waals surface area contributed by atoms with Gasteiger partial charge in [0.15, 0.2) is 11.5 Å². The van der Waals surface area contributed by atoms with Crippen LogP contribution in [0.3, 0.4) is 0 Å². The first-order valence-electron chi connectivity index (χ1n) is 8.30. The van der Waals surface area contributed by atoms with Crippen molar-refractivity contribution in [1.82, 2.24) is 0 Å². The molecule has 1 atom stereocenters. The highest BCUT2D eigenvalue weighted by molar-refractivity contribution is 5.46. The lowest BCUT2D eigenvalue weighted by atomic mass is 9.89. The fourth-order valence-electron chi connectivity index (χ4n) is 2.87. The molecule has 130 valence electrons. The van der Waals surface area contributed by atoms with Gasteiger partial charge in [0.05, 0.1) is 13.7 Å². The summed E-state index contributed by atoms with van der Waals surface area (Å²) in [6.07, 6.45) is 0.760. The minimum Gasteiger partial charge on any atom is -0.504 e. The lowest BCUT2D eigenvalue weighted by molar-refractivity contribution is 0.317. The van der Waals surface area contributed by atoms with Gasteiger partial charge >= 0.3 is 0 Å². The van der Waals surface area contributed by atoms with E-state index in [-0.39, 0.29) is 11.7 Å². The van der Waals surface area contributed by atoms with Crippen LogP contribution in [0.2, 0.25) is 0 Å². The minimum atomic E-state index is 0.137.